The molecule has 1 amide bonds. The second-order valence-corrected chi connectivity index (χ2v) is 5.77. The molecule has 18 heavy (non-hydrogen) atoms. The van der Waals surface area contributed by atoms with Crippen LogP contribution in [0, 0.1) is 5.92 Å². The maximum atomic E-state index is 12.3. The van der Waals surface area contributed by atoms with Gasteiger partial charge in [0.25, 0.3) is 0 Å². The minimum Gasteiger partial charge on any atom is -0.377 e. The molecule has 4 heteroatoms. The van der Waals surface area contributed by atoms with Gasteiger partial charge >= 0.3 is 0 Å². The van der Waals surface area contributed by atoms with Gasteiger partial charge in [-0.3, -0.25) is 4.79 Å². The van der Waals surface area contributed by atoms with Gasteiger partial charge in [-0.15, -0.1) is 0 Å². The summed E-state index contributed by atoms with van der Waals surface area (Å²) < 4.78 is 5.47. The van der Waals surface area contributed by atoms with Crippen LogP contribution in [-0.2, 0) is 9.53 Å². The van der Waals surface area contributed by atoms with Crippen LogP contribution in [0.25, 0.3) is 0 Å². The summed E-state index contributed by atoms with van der Waals surface area (Å²) in [5, 5.41) is 3.37. The van der Waals surface area contributed by atoms with E-state index in [4.69, 9.17) is 4.74 Å². The Morgan fingerprint density at radius 1 is 1.22 bits per heavy atom. The van der Waals surface area contributed by atoms with Crippen molar-refractivity contribution in [3.05, 3.63) is 0 Å². The van der Waals surface area contributed by atoms with Crippen molar-refractivity contribution in [2.75, 3.05) is 26.3 Å². The molecule has 2 atom stereocenters. The summed E-state index contributed by atoms with van der Waals surface area (Å²) in [6.45, 7) is 7.76. The van der Waals surface area contributed by atoms with E-state index in [2.05, 4.69) is 19.2 Å². The topological polar surface area (TPSA) is 41.6 Å². The van der Waals surface area contributed by atoms with E-state index in [1.807, 2.05) is 4.90 Å². The Bertz CT molecular complexity index is 267. The number of ether oxygens (including phenoxy) is 1. The van der Waals surface area contributed by atoms with Crippen molar-refractivity contribution < 1.29 is 9.53 Å². The summed E-state index contributed by atoms with van der Waals surface area (Å²) in [6.07, 6.45) is 4.21. The number of hydrogen-bond acceptors (Lipinski definition) is 3. The Morgan fingerprint density at radius 2 is 1.83 bits per heavy atom. The quantitative estimate of drug-likeness (QED) is 0.828. The van der Waals surface area contributed by atoms with Gasteiger partial charge in [-0.25, -0.2) is 0 Å². The van der Waals surface area contributed by atoms with Gasteiger partial charge in [0.15, 0.2) is 0 Å². The molecule has 0 radical (unpaired) electrons. The molecule has 2 aliphatic rings. The average Bonchev–Trinajstić information content (AvgIpc) is 2.37. The average molecular weight is 254 g/mol. The first-order chi connectivity index (χ1) is 8.68. The summed E-state index contributed by atoms with van der Waals surface area (Å²) in [4.78, 5) is 14.3. The van der Waals surface area contributed by atoms with Gasteiger partial charge in [0, 0.05) is 6.42 Å². The Hall–Kier alpha value is -0.610. The molecule has 0 aromatic heterocycles. The van der Waals surface area contributed by atoms with Crippen LogP contribution in [-0.4, -0.2) is 49.2 Å². The first kappa shape index (κ1) is 13.8. The normalized spacial score (nSPS) is 30.4. The second-order valence-electron chi connectivity index (χ2n) is 5.77. The van der Waals surface area contributed by atoms with Gasteiger partial charge in [-0.2, -0.15) is 0 Å². The molecule has 0 aromatic carbocycles. The molecule has 0 spiro atoms. The Balaban J connectivity index is 1.79. The molecule has 0 aromatic rings. The van der Waals surface area contributed by atoms with Crippen LogP contribution in [0.1, 0.15) is 39.5 Å². The molecule has 2 rings (SSSR count). The molecule has 4 nitrogen and oxygen atoms in total. The maximum Gasteiger partial charge on any atom is 0.223 e. The van der Waals surface area contributed by atoms with E-state index in [-0.39, 0.29) is 12.1 Å². The van der Waals surface area contributed by atoms with Gasteiger partial charge in [0.2, 0.25) is 5.91 Å². The van der Waals surface area contributed by atoms with Crippen LogP contribution in [0.4, 0.5) is 0 Å². The summed E-state index contributed by atoms with van der Waals surface area (Å²) in [5.74, 6) is 1.05. The zero-order valence-corrected chi connectivity index (χ0v) is 11.7. The number of amides is 1. The van der Waals surface area contributed by atoms with Crippen molar-refractivity contribution in [3.63, 3.8) is 0 Å². The fraction of sp³-hybridized carbons (Fsp3) is 0.929. The molecule has 2 fully saturated rings. The van der Waals surface area contributed by atoms with Crippen molar-refractivity contribution in [2.45, 2.75) is 51.6 Å². The van der Waals surface area contributed by atoms with E-state index in [0.717, 1.165) is 25.4 Å². The number of nitrogens with one attached hydrogen (secondary N) is 1. The summed E-state index contributed by atoms with van der Waals surface area (Å²) in [5.41, 5.74) is 0. The molecule has 0 unspecified atom stereocenters. The number of morpholine rings is 1. The van der Waals surface area contributed by atoms with E-state index in [0.29, 0.717) is 25.5 Å². The fourth-order valence-corrected chi connectivity index (χ4v) is 3.12. The van der Waals surface area contributed by atoms with Crippen molar-refractivity contribution in [2.24, 2.45) is 5.92 Å². The lowest BCUT2D eigenvalue weighted by Crippen LogP contribution is -2.52. The lowest BCUT2D eigenvalue weighted by molar-refractivity contribution is -0.144. The number of carbonyl (C=O) groups excluding carboxylic acids is 1. The molecule has 0 saturated carbocycles. The molecule has 0 aliphatic carbocycles. The van der Waals surface area contributed by atoms with Crippen LogP contribution in [0.2, 0.25) is 0 Å². The SMILES string of the molecule is C[C@@H]1COC[C@H](C)N1C(=O)CCC1CCNCC1. The molecular formula is C14H26N2O2. The maximum absolute atomic E-state index is 12.3. The van der Waals surface area contributed by atoms with Crippen LogP contribution in [0.3, 0.4) is 0 Å². The van der Waals surface area contributed by atoms with Gasteiger partial charge < -0.3 is 15.0 Å². The van der Waals surface area contributed by atoms with Gasteiger partial charge in [0.05, 0.1) is 25.3 Å². The van der Waals surface area contributed by atoms with Crippen LogP contribution in [0.5, 0.6) is 0 Å². The third kappa shape index (κ3) is 3.45. The largest absolute Gasteiger partial charge is 0.377 e. The Labute approximate surface area is 110 Å². The van der Waals surface area contributed by atoms with Crippen molar-refractivity contribution >= 4 is 5.91 Å². The predicted molar refractivity (Wildman–Crippen MR) is 71.4 cm³/mol. The third-order valence-electron chi connectivity index (χ3n) is 4.18. The van der Waals surface area contributed by atoms with Gasteiger partial charge in [-0.1, -0.05) is 0 Å². The summed E-state index contributed by atoms with van der Waals surface area (Å²) in [6, 6.07) is 0.462. The lowest BCUT2D eigenvalue weighted by atomic mass is 9.92. The Morgan fingerprint density at radius 3 is 2.44 bits per heavy atom. The third-order valence-corrected chi connectivity index (χ3v) is 4.18. The zero-order valence-electron chi connectivity index (χ0n) is 11.7. The van der Waals surface area contributed by atoms with E-state index in [1.165, 1.54) is 12.8 Å². The van der Waals surface area contributed by atoms with Crippen molar-refractivity contribution in [3.8, 4) is 0 Å². The molecule has 2 aliphatic heterocycles. The monoisotopic (exact) mass is 254 g/mol. The minimum atomic E-state index is 0.231. The number of hydrogen-bond donors (Lipinski definition) is 1. The highest BCUT2D eigenvalue weighted by Crippen LogP contribution is 2.21. The molecule has 0 bridgehead atoms. The van der Waals surface area contributed by atoms with E-state index >= 15 is 0 Å². The van der Waals surface area contributed by atoms with Crippen LogP contribution >= 0.6 is 0 Å². The standard InChI is InChI=1S/C14H26N2O2/c1-11-9-18-10-12(2)16(11)14(17)4-3-13-5-7-15-8-6-13/h11-13,15H,3-10H2,1-2H3/t11-,12+. The van der Waals surface area contributed by atoms with Crippen LogP contribution < -0.4 is 5.32 Å². The number of carbonyl (C=O) groups is 1. The first-order valence-electron chi connectivity index (χ1n) is 7.28. The number of rotatable bonds is 3. The van der Waals surface area contributed by atoms with E-state index in [1.54, 1.807) is 0 Å². The number of nitrogens with zero attached hydrogens (tertiary/aromatic N) is 1. The molecular weight excluding hydrogens is 228 g/mol. The highest BCUT2D eigenvalue weighted by molar-refractivity contribution is 5.77. The van der Waals surface area contributed by atoms with Gasteiger partial charge in [-0.05, 0) is 52.1 Å². The van der Waals surface area contributed by atoms with Crippen molar-refractivity contribution in [1.29, 1.82) is 0 Å². The summed E-state index contributed by atoms with van der Waals surface area (Å²) in [7, 11) is 0. The second kappa shape index (κ2) is 6.53. The molecule has 1 N–H and O–H groups in total. The Kier molecular flexibility index (Phi) is 5.01. The molecule has 2 heterocycles. The highest BCUT2D eigenvalue weighted by Gasteiger charge is 2.29. The van der Waals surface area contributed by atoms with Crippen molar-refractivity contribution in [1.82, 2.24) is 10.2 Å². The highest BCUT2D eigenvalue weighted by atomic mass is 16.5. The fourth-order valence-electron chi connectivity index (χ4n) is 3.12. The van der Waals surface area contributed by atoms with E-state index < -0.39 is 0 Å². The molecule has 2 saturated heterocycles. The summed E-state index contributed by atoms with van der Waals surface area (Å²) >= 11 is 0. The minimum absolute atomic E-state index is 0.231. The lowest BCUT2D eigenvalue weighted by Gasteiger charge is -2.39. The zero-order chi connectivity index (χ0) is 13.0. The van der Waals surface area contributed by atoms with E-state index in [9.17, 15) is 4.79 Å². The predicted octanol–water partition coefficient (Wildman–Crippen LogP) is 1.40. The van der Waals surface area contributed by atoms with Crippen LogP contribution in [0.15, 0.2) is 0 Å². The first-order valence-corrected chi connectivity index (χ1v) is 7.28. The van der Waals surface area contributed by atoms with Gasteiger partial charge in [0.1, 0.15) is 0 Å². The smallest absolute Gasteiger partial charge is 0.223 e. The number of piperidine rings is 1. The molecule has 104 valence electrons.